The van der Waals surface area contributed by atoms with Crippen LogP contribution in [0.15, 0.2) is 42.5 Å². The van der Waals surface area contributed by atoms with Crippen LogP contribution in [0.5, 0.6) is 0 Å². The number of aryl methyl sites for hydroxylation is 3. The molecule has 1 aliphatic heterocycles. The van der Waals surface area contributed by atoms with Crippen molar-refractivity contribution < 1.29 is 4.79 Å². The molecule has 0 N–H and O–H groups in total. The third-order valence-corrected chi connectivity index (χ3v) is 6.68. The summed E-state index contributed by atoms with van der Waals surface area (Å²) in [5, 5.41) is 9.00. The summed E-state index contributed by atoms with van der Waals surface area (Å²) in [5.74, 6) is 1.99. The fourth-order valence-electron chi connectivity index (χ4n) is 3.87. The van der Waals surface area contributed by atoms with E-state index in [1.165, 1.54) is 24.0 Å². The molecule has 0 radical (unpaired) electrons. The van der Waals surface area contributed by atoms with Crippen LogP contribution >= 0.6 is 11.6 Å². The van der Waals surface area contributed by atoms with E-state index in [4.69, 9.17) is 16.9 Å². The van der Waals surface area contributed by atoms with Crippen molar-refractivity contribution >= 4 is 17.5 Å². The summed E-state index contributed by atoms with van der Waals surface area (Å²) < 4.78 is 0. The van der Waals surface area contributed by atoms with Gasteiger partial charge in [-0.2, -0.15) is 5.26 Å². The van der Waals surface area contributed by atoms with Gasteiger partial charge in [0, 0.05) is 19.0 Å². The largest absolute Gasteiger partial charge is 0.342 e. The summed E-state index contributed by atoms with van der Waals surface area (Å²) in [5.41, 5.74) is 4.47. The maximum absolute atomic E-state index is 11.7. The lowest BCUT2D eigenvalue weighted by Crippen LogP contribution is -2.32. The van der Waals surface area contributed by atoms with Crippen molar-refractivity contribution in [3.63, 3.8) is 0 Å². The van der Waals surface area contributed by atoms with Gasteiger partial charge in [-0.1, -0.05) is 83.0 Å². The molecular formula is C29H41ClN2O. The van der Waals surface area contributed by atoms with E-state index < -0.39 is 0 Å². The van der Waals surface area contributed by atoms with Crippen molar-refractivity contribution in [2.45, 2.75) is 67.7 Å². The van der Waals surface area contributed by atoms with Crippen LogP contribution in [0.3, 0.4) is 0 Å². The average Bonchev–Trinajstić information content (AvgIpc) is 3.29. The van der Waals surface area contributed by atoms with Gasteiger partial charge in [-0.25, -0.2) is 0 Å². The predicted octanol–water partition coefficient (Wildman–Crippen LogP) is 7.61. The van der Waals surface area contributed by atoms with Crippen molar-refractivity contribution in [2.24, 2.45) is 17.8 Å². The van der Waals surface area contributed by atoms with Gasteiger partial charge < -0.3 is 4.90 Å². The molecule has 2 unspecified atom stereocenters. The summed E-state index contributed by atoms with van der Waals surface area (Å²) in [4.78, 5) is 13.8. The summed E-state index contributed by atoms with van der Waals surface area (Å²) in [6, 6.07) is 15.8. The maximum Gasteiger partial charge on any atom is 0.225 e. The van der Waals surface area contributed by atoms with Gasteiger partial charge in [0.05, 0.1) is 10.6 Å². The monoisotopic (exact) mass is 468 g/mol. The van der Waals surface area contributed by atoms with Gasteiger partial charge in [0.2, 0.25) is 5.91 Å². The zero-order valence-corrected chi connectivity index (χ0v) is 22.2. The smallest absolute Gasteiger partial charge is 0.225 e. The molecule has 0 aromatic heterocycles. The minimum atomic E-state index is 0.158. The Balaban J connectivity index is 0.000000255. The number of nitrogens with zero attached hydrogens (tertiary/aromatic N) is 2. The number of carbonyl (C=O) groups is 1. The molecule has 1 heterocycles. The highest BCUT2D eigenvalue weighted by molar-refractivity contribution is 6.31. The molecule has 0 bridgehead atoms. The number of halogens is 1. The first kappa shape index (κ1) is 28.7. The van der Waals surface area contributed by atoms with Gasteiger partial charge in [0.25, 0.3) is 0 Å². The Hall–Kier alpha value is -2.31. The number of rotatable bonds is 4. The molecule has 2 aromatic carbocycles. The Labute approximate surface area is 206 Å². The number of hydrogen-bond acceptors (Lipinski definition) is 2. The normalized spacial score (nSPS) is 15.6. The number of amides is 1. The van der Waals surface area contributed by atoms with E-state index in [2.05, 4.69) is 52.0 Å². The standard InChI is InChI=1S/C12H23NO.C9H12.C8H6ClN/c1-5-10(4)11-6-7-13(8-11)12(14)9(2)3;1-3-9-7-5-4-6-8(9)2;1-6-2-3-7(5-10)8(9)4-6/h9-11H,5-8H2,1-4H3;4-7H,3H2,1-2H3;2-4H,1H3. The molecule has 2 atom stereocenters. The van der Waals surface area contributed by atoms with E-state index in [9.17, 15) is 4.79 Å². The van der Waals surface area contributed by atoms with Crippen LogP contribution in [0.1, 0.15) is 69.7 Å². The fourth-order valence-corrected chi connectivity index (χ4v) is 4.15. The highest BCUT2D eigenvalue weighted by Crippen LogP contribution is 2.26. The molecule has 1 saturated heterocycles. The molecule has 180 valence electrons. The summed E-state index contributed by atoms with van der Waals surface area (Å²) in [7, 11) is 0. The fraction of sp³-hybridized carbons (Fsp3) is 0.517. The second kappa shape index (κ2) is 14.8. The van der Waals surface area contributed by atoms with Gasteiger partial charge in [-0.05, 0) is 67.3 Å². The quantitative estimate of drug-likeness (QED) is 0.463. The molecule has 1 fully saturated rings. The lowest BCUT2D eigenvalue weighted by Gasteiger charge is -2.20. The Kier molecular flexibility index (Phi) is 12.8. The van der Waals surface area contributed by atoms with E-state index in [0.29, 0.717) is 16.5 Å². The average molecular weight is 469 g/mol. The van der Waals surface area contributed by atoms with E-state index in [1.807, 2.05) is 37.8 Å². The van der Waals surface area contributed by atoms with Crippen LogP contribution in [-0.2, 0) is 11.2 Å². The van der Waals surface area contributed by atoms with Crippen LogP contribution in [0, 0.1) is 42.9 Å². The van der Waals surface area contributed by atoms with E-state index in [1.54, 1.807) is 12.1 Å². The highest BCUT2D eigenvalue weighted by Gasteiger charge is 2.29. The lowest BCUT2D eigenvalue weighted by atomic mass is 9.91. The Morgan fingerprint density at radius 2 is 1.82 bits per heavy atom. The third kappa shape index (κ3) is 9.60. The van der Waals surface area contributed by atoms with Crippen LogP contribution < -0.4 is 0 Å². The van der Waals surface area contributed by atoms with Gasteiger partial charge in [-0.3, -0.25) is 4.79 Å². The first-order valence-electron chi connectivity index (χ1n) is 12.1. The van der Waals surface area contributed by atoms with E-state index >= 15 is 0 Å². The van der Waals surface area contributed by atoms with E-state index in [0.717, 1.165) is 36.9 Å². The Bertz CT molecular complexity index is 916. The van der Waals surface area contributed by atoms with Gasteiger partial charge in [-0.15, -0.1) is 0 Å². The molecule has 2 aromatic rings. The number of likely N-dealkylation sites (tertiary alicyclic amines) is 1. The van der Waals surface area contributed by atoms with Crippen molar-refractivity contribution in [1.29, 1.82) is 5.26 Å². The molecule has 33 heavy (non-hydrogen) atoms. The molecule has 0 saturated carbocycles. The number of carbonyl (C=O) groups excluding carboxylic acids is 1. The highest BCUT2D eigenvalue weighted by atomic mass is 35.5. The van der Waals surface area contributed by atoms with Gasteiger partial charge >= 0.3 is 0 Å². The van der Waals surface area contributed by atoms with Crippen molar-refractivity contribution in [1.82, 2.24) is 4.90 Å². The minimum Gasteiger partial charge on any atom is -0.342 e. The number of benzene rings is 2. The van der Waals surface area contributed by atoms with E-state index in [-0.39, 0.29) is 5.92 Å². The molecule has 0 aliphatic carbocycles. The second-order valence-corrected chi connectivity index (χ2v) is 9.66. The molecule has 1 aliphatic rings. The van der Waals surface area contributed by atoms with Gasteiger partial charge in [0.1, 0.15) is 6.07 Å². The molecule has 3 rings (SSSR count). The molecule has 1 amide bonds. The zero-order valence-electron chi connectivity index (χ0n) is 21.5. The lowest BCUT2D eigenvalue weighted by molar-refractivity contribution is -0.133. The second-order valence-electron chi connectivity index (χ2n) is 9.25. The number of nitriles is 1. The molecule has 3 nitrogen and oxygen atoms in total. The molecule has 0 spiro atoms. The first-order valence-corrected chi connectivity index (χ1v) is 12.5. The SMILES string of the molecule is CCC(C)C1CCN(C(=O)C(C)C)C1.CCc1ccccc1C.Cc1ccc(C#N)c(Cl)c1. The number of hydrogen-bond donors (Lipinski definition) is 0. The topological polar surface area (TPSA) is 44.1 Å². The molecule has 4 heteroatoms. The maximum atomic E-state index is 11.7. The summed E-state index contributed by atoms with van der Waals surface area (Å²) in [6.07, 6.45) is 3.58. The molecular weight excluding hydrogens is 428 g/mol. The first-order chi connectivity index (χ1) is 15.6. The van der Waals surface area contributed by atoms with Crippen molar-refractivity contribution in [3.8, 4) is 6.07 Å². The van der Waals surface area contributed by atoms with Crippen LogP contribution in [0.25, 0.3) is 0 Å². The van der Waals surface area contributed by atoms with Crippen LogP contribution in [0.2, 0.25) is 5.02 Å². The Morgan fingerprint density at radius 1 is 1.15 bits per heavy atom. The predicted molar refractivity (Wildman–Crippen MR) is 140 cm³/mol. The van der Waals surface area contributed by atoms with Crippen molar-refractivity contribution in [3.05, 3.63) is 69.7 Å². The van der Waals surface area contributed by atoms with Gasteiger partial charge in [0.15, 0.2) is 0 Å². The zero-order chi connectivity index (χ0) is 25.0. The minimum absolute atomic E-state index is 0.158. The summed E-state index contributed by atoms with van der Waals surface area (Å²) >= 11 is 5.71. The van der Waals surface area contributed by atoms with Crippen LogP contribution in [-0.4, -0.2) is 23.9 Å². The third-order valence-electron chi connectivity index (χ3n) is 6.37. The summed E-state index contributed by atoms with van der Waals surface area (Å²) in [6.45, 7) is 16.7. The van der Waals surface area contributed by atoms with Crippen LogP contribution in [0.4, 0.5) is 0 Å². The van der Waals surface area contributed by atoms with Crippen molar-refractivity contribution in [2.75, 3.05) is 13.1 Å². The Morgan fingerprint density at radius 3 is 2.30 bits per heavy atom.